The molecule has 1 aliphatic heterocycles. The van der Waals surface area contributed by atoms with Crippen LogP contribution < -0.4 is 0 Å². The number of carbonyl (C=O) groups is 1. The first-order valence-electron chi connectivity index (χ1n) is 3.49. The number of urea groups is 1. The van der Waals surface area contributed by atoms with E-state index in [9.17, 15) is 4.79 Å². The molecule has 2 amide bonds. The molecule has 1 fully saturated rings. The van der Waals surface area contributed by atoms with Crippen LogP contribution in [0.5, 0.6) is 0 Å². The van der Waals surface area contributed by atoms with E-state index >= 15 is 0 Å². The molecular weight excluding hydrogens is 162 g/mol. The molecule has 0 atom stereocenters. The lowest BCUT2D eigenvalue weighted by Crippen LogP contribution is -2.25. The smallest absolute Gasteiger partial charge is 0.319 e. The molecule has 0 saturated carbocycles. The van der Waals surface area contributed by atoms with E-state index in [1.54, 1.807) is 9.80 Å². The average molecular weight is 175 g/mol. The van der Waals surface area contributed by atoms with Crippen molar-refractivity contribution in [1.29, 1.82) is 0 Å². The van der Waals surface area contributed by atoms with Crippen LogP contribution in [0.2, 0.25) is 0 Å². The molecule has 0 aromatic rings. The molecule has 6 heteroatoms. The first-order valence-corrected chi connectivity index (χ1v) is 3.49. The Morgan fingerprint density at radius 3 is 1.67 bits per heavy atom. The summed E-state index contributed by atoms with van der Waals surface area (Å²) >= 11 is 0. The van der Waals surface area contributed by atoms with Crippen LogP contribution in [-0.2, 0) is 0 Å². The molecule has 0 N–H and O–H groups in total. The highest BCUT2D eigenvalue weighted by Crippen LogP contribution is 2.00. The Kier molecular flexibility index (Phi) is 4.03. The maximum Gasteiger partial charge on any atom is 0.319 e. The maximum absolute atomic E-state index is 10.8. The monoisotopic (exact) mass is 175 g/mol. The lowest BCUT2D eigenvalue weighted by Gasteiger charge is -2.07. The predicted molar refractivity (Wildman–Crippen MR) is 43.6 cm³/mol. The van der Waals surface area contributed by atoms with Gasteiger partial charge in [-0.15, -0.1) is 0 Å². The van der Waals surface area contributed by atoms with Crippen LogP contribution in [0.3, 0.4) is 0 Å². The summed E-state index contributed by atoms with van der Waals surface area (Å²) in [4.78, 5) is 22.5. The zero-order valence-electron chi connectivity index (χ0n) is 7.48. The molecule has 12 heavy (non-hydrogen) atoms. The minimum absolute atomic E-state index is 0.130. The predicted octanol–water partition coefficient (Wildman–Crippen LogP) is -0.123. The van der Waals surface area contributed by atoms with E-state index in [-0.39, 0.29) is 6.03 Å². The molecule has 1 saturated heterocycles. The van der Waals surface area contributed by atoms with Crippen molar-refractivity contribution in [3.05, 3.63) is 10.1 Å². The normalized spacial score (nSPS) is 15.8. The van der Waals surface area contributed by atoms with Gasteiger partial charge in [-0.05, 0) is 0 Å². The summed E-state index contributed by atoms with van der Waals surface area (Å²) in [5.41, 5.74) is 0. The number of rotatable bonds is 0. The van der Waals surface area contributed by atoms with Gasteiger partial charge in [0.25, 0.3) is 0 Å². The second-order valence-corrected chi connectivity index (χ2v) is 2.57. The Morgan fingerprint density at radius 2 is 1.58 bits per heavy atom. The maximum atomic E-state index is 10.8. The Bertz CT molecular complexity index is 167. The molecule has 0 aliphatic carbocycles. The minimum atomic E-state index is -0.500. The number of amides is 2. The van der Waals surface area contributed by atoms with Gasteiger partial charge in [-0.2, -0.15) is 0 Å². The van der Waals surface area contributed by atoms with Crippen LogP contribution in [0.25, 0.3) is 0 Å². The number of nitrogens with zero attached hydrogens (tertiary/aromatic N) is 3. The molecule has 0 aromatic heterocycles. The Labute approximate surface area is 70.9 Å². The van der Waals surface area contributed by atoms with E-state index in [4.69, 9.17) is 10.1 Å². The van der Waals surface area contributed by atoms with E-state index in [0.29, 0.717) is 0 Å². The number of hydrogen-bond acceptors (Lipinski definition) is 3. The van der Waals surface area contributed by atoms with E-state index < -0.39 is 4.92 Å². The third-order valence-electron chi connectivity index (χ3n) is 1.42. The van der Waals surface area contributed by atoms with Crippen molar-refractivity contribution in [3.8, 4) is 0 Å². The van der Waals surface area contributed by atoms with Gasteiger partial charge in [0.05, 0.1) is 0 Å². The van der Waals surface area contributed by atoms with Gasteiger partial charge in [0.1, 0.15) is 0 Å². The van der Waals surface area contributed by atoms with E-state index in [0.717, 1.165) is 20.1 Å². The van der Waals surface area contributed by atoms with Crippen molar-refractivity contribution in [2.24, 2.45) is 0 Å². The summed E-state index contributed by atoms with van der Waals surface area (Å²) in [5.74, 6) is 0. The highest BCUT2D eigenvalue weighted by atomic mass is 16.6. The molecule has 0 radical (unpaired) electrons. The lowest BCUT2D eigenvalue weighted by molar-refractivity contribution is -0.445. The van der Waals surface area contributed by atoms with Crippen molar-refractivity contribution in [3.63, 3.8) is 0 Å². The third kappa shape index (κ3) is 3.75. The fourth-order valence-electron chi connectivity index (χ4n) is 0.783. The summed E-state index contributed by atoms with van der Waals surface area (Å²) in [6, 6.07) is 0.130. The summed E-state index contributed by atoms with van der Waals surface area (Å²) in [6.07, 6.45) is 0. The van der Waals surface area contributed by atoms with Gasteiger partial charge >= 0.3 is 6.03 Å². The third-order valence-corrected chi connectivity index (χ3v) is 1.42. The molecule has 1 heterocycles. The summed E-state index contributed by atoms with van der Waals surface area (Å²) in [5, 5.41) is 8.81. The number of hydrogen-bond donors (Lipinski definition) is 0. The van der Waals surface area contributed by atoms with Gasteiger partial charge in [-0.3, -0.25) is 10.1 Å². The summed E-state index contributed by atoms with van der Waals surface area (Å²) < 4.78 is 0. The van der Waals surface area contributed by atoms with Crippen molar-refractivity contribution in [1.82, 2.24) is 9.80 Å². The van der Waals surface area contributed by atoms with E-state index in [1.807, 2.05) is 14.1 Å². The Balaban J connectivity index is 0.000000261. The Hall–Kier alpha value is -1.33. The zero-order chi connectivity index (χ0) is 9.72. The summed E-state index contributed by atoms with van der Waals surface area (Å²) in [6.45, 7) is 1.74. The number of likely N-dealkylation sites (N-methyl/N-ethyl adjacent to an activating group) is 2. The highest BCUT2D eigenvalue weighted by molar-refractivity contribution is 5.75. The molecule has 1 aliphatic rings. The van der Waals surface area contributed by atoms with Gasteiger partial charge in [0.15, 0.2) is 7.05 Å². The quantitative estimate of drug-likeness (QED) is 0.380. The standard InChI is InChI=1S/C5H10N2O.CH3NO2/c1-6-3-4-7(2)5(6)8;1-2(3)4/h3-4H2,1-2H3;1H3. The molecule has 70 valence electrons. The van der Waals surface area contributed by atoms with Gasteiger partial charge in [-0.25, -0.2) is 4.79 Å². The molecule has 0 bridgehead atoms. The van der Waals surface area contributed by atoms with Crippen LogP contribution >= 0.6 is 0 Å². The molecule has 6 nitrogen and oxygen atoms in total. The van der Waals surface area contributed by atoms with Crippen molar-refractivity contribution >= 4 is 6.03 Å². The van der Waals surface area contributed by atoms with Crippen LogP contribution in [0.4, 0.5) is 4.79 Å². The van der Waals surface area contributed by atoms with Crippen LogP contribution in [0.1, 0.15) is 0 Å². The zero-order valence-corrected chi connectivity index (χ0v) is 7.48. The van der Waals surface area contributed by atoms with Gasteiger partial charge in [0, 0.05) is 32.1 Å². The second-order valence-electron chi connectivity index (χ2n) is 2.57. The molecule has 0 spiro atoms. The topological polar surface area (TPSA) is 66.7 Å². The van der Waals surface area contributed by atoms with Crippen molar-refractivity contribution in [2.45, 2.75) is 0 Å². The van der Waals surface area contributed by atoms with Gasteiger partial charge < -0.3 is 9.80 Å². The minimum Gasteiger partial charge on any atom is -0.326 e. The fourth-order valence-corrected chi connectivity index (χ4v) is 0.783. The SMILES string of the molecule is CN1CCN(C)C1=O.C[N+](=O)[O-]. The largest absolute Gasteiger partial charge is 0.326 e. The van der Waals surface area contributed by atoms with E-state index in [2.05, 4.69) is 0 Å². The molecule has 1 rings (SSSR count). The summed E-state index contributed by atoms with van der Waals surface area (Å²) in [7, 11) is 4.51. The van der Waals surface area contributed by atoms with Gasteiger partial charge in [-0.1, -0.05) is 0 Å². The van der Waals surface area contributed by atoms with Crippen LogP contribution in [0, 0.1) is 10.1 Å². The van der Waals surface area contributed by atoms with Crippen molar-refractivity contribution in [2.75, 3.05) is 34.2 Å². The van der Waals surface area contributed by atoms with E-state index in [1.165, 1.54) is 0 Å². The van der Waals surface area contributed by atoms with Crippen LogP contribution in [0.15, 0.2) is 0 Å². The highest BCUT2D eigenvalue weighted by Gasteiger charge is 2.20. The number of nitro groups is 1. The Morgan fingerprint density at radius 1 is 1.33 bits per heavy atom. The van der Waals surface area contributed by atoms with Crippen molar-refractivity contribution < 1.29 is 9.72 Å². The second kappa shape index (κ2) is 4.53. The average Bonchev–Trinajstić information content (AvgIpc) is 2.19. The van der Waals surface area contributed by atoms with Crippen LogP contribution in [-0.4, -0.2) is 55.0 Å². The first-order chi connectivity index (χ1) is 5.45. The molecule has 0 aromatic carbocycles. The lowest BCUT2D eigenvalue weighted by atomic mass is 10.6. The number of carbonyl (C=O) groups excluding carboxylic acids is 1. The van der Waals surface area contributed by atoms with Gasteiger partial charge in [0.2, 0.25) is 0 Å². The molecular formula is C6H13N3O3. The fraction of sp³-hybridized carbons (Fsp3) is 0.833. The first kappa shape index (κ1) is 10.7. The molecule has 0 unspecified atom stereocenters.